The summed E-state index contributed by atoms with van der Waals surface area (Å²) >= 11 is 5.84. The van der Waals surface area contributed by atoms with Crippen LogP contribution in [0.3, 0.4) is 0 Å². The molecular formula is C11H15ClN2O2. The van der Waals surface area contributed by atoms with E-state index in [2.05, 4.69) is 5.32 Å². The van der Waals surface area contributed by atoms with Crippen molar-refractivity contribution in [2.45, 2.75) is 12.5 Å². The number of halogens is 1. The number of nitrogens with two attached hydrogens (primary N) is 1. The fourth-order valence-corrected chi connectivity index (χ4v) is 1.61. The van der Waals surface area contributed by atoms with Crippen LogP contribution < -0.4 is 11.1 Å². The van der Waals surface area contributed by atoms with E-state index in [4.69, 9.17) is 17.3 Å². The van der Waals surface area contributed by atoms with Crippen LogP contribution in [0.4, 0.5) is 0 Å². The highest BCUT2D eigenvalue weighted by Gasteiger charge is 2.34. The summed E-state index contributed by atoms with van der Waals surface area (Å²) in [5, 5.41) is 12.7. The molecule has 1 aromatic rings. The molecule has 5 heteroatoms. The van der Waals surface area contributed by atoms with Gasteiger partial charge in [-0.2, -0.15) is 0 Å². The topological polar surface area (TPSA) is 75.3 Å². The van der Waals surface area contributed by atoms with Gasteiger partial charge in [-0.25, -0.2) is 4.79 Å². The Morgan fingerprint density at radius 2 is 2.31 bits per heavy atom. The summed E-state index contributed by atoms with van der Waals surface area (Å²) in [4.78, 5) is 11.3. The van der Waals surface area contributed by atoms with E-state index in [1.165, 1.54) is 0 Å². The van der Waals surface area contributed by atoms with Gasteiger partial charge in [0, 0.05) is 18.1 Å². The number of rotatable bonds is 5. The molecule has 0 radical (unpaired) electrons. The molecule has 1 unspecified atom stereocenters. The fraction of sp³-hybridized carbons (Fsp3) is 0.364. The van der Waals surface area contributed by atoms with Crippen LogP contribution in [0.2, 0.25) is 5.02 Å². The number of carboxylic acid groups (broad SMARTS) is 1. The van der Waals surface area contributed by atoms with Gasteiger partial charge < -0.3 is 10.8 Å². The first kappa shape index (κ1) is 13.0. The maximum Gasteiger partial charge on any atom is 0.328 e. The molecule has 1 atom stereocenters. The Bertz CT molecular complexity index is 384. The molecule has 0 aliphatic rings. The average Bonchev–Trinajstić information content (AvgIpc) is 2.25. The van der Waals surface area contributed by atoms with Gasteiger partial charge in [0.1, 0.15) is 5.54 Å². The maximum atomic E-state index is 11.3. The van der Waals surface area contributed by atoms with Gasteiger partial charge in [0.05, 0.1) is 0 Å². The van der Waals surface area contributed by atoms with Gasteiger partial charge in [-0.05, 0) is 24.6 Å². The number of carbonyl (C=O) groups is 1. The van der Waals surface area contributed by atoms with Crippen LogP contribution in [-0.2, 0) is 10.3 Å². The first-order valence-electron chi connectivity index (χ1n) is 4.95. The molecule has 0 spiro atoms. The maximum absolute atomic E-state index is 11.3. The van der Waals surface area contributed by atoms with Crippen molar-refractivity contribution in [1.82, 2.24) is 5.32 Å². The van der Waals surface area contributed by atoms with Gasteiger partial charge in [-0.15, -0.1) is 0 Å². The Morgan fingerprint density at radius 1 is 1.62 bits per heavy atom. The number of carboxylic acids is 1. The predicted molar refractivity (Wildman–Crippen MR) is 63.5 cm³/mol. The van der Waals surface area contributed by atoms with E-state index in [1.54, 1.807) is 31.2 Å². The van der Waals surface area contributed by atoms with Crippen molar-refractivity contribution in [2.75, 3.05) is 13.1 Å². The number of nitrogens with one attached hydrogen (secondary N) is 1. The zero-order valence-corrected chi connectivity index (χ0v) is 9.79. The molecule has 0 aromatic heterocycles. The molecule has 4 N–H and O–H groups in total. The second kappa shape index (κ2) is 5.30. The molecule has 0 bridgehead atoms. The number of benzene rings is 1. The lowest BCUT2D eigenvalue weighted by atomic mass is 9.92. The summed E-state index contributed by atoms with van der Waals surface area (Å²) < 4.78 is 0. The lowest BCUT2D eigenvalue weighted by molar-refractivity contribution is -0.144. The summed E-state index contributed by atoms with van der Waals surface area (Å²) in [5.74, 6) is -0.955. The van der Waals surface area contributed by atoms with Gasteiger partial charge in [-0.3, -0.25) is 5.32 Å². The van der Waals surface area contributed by atoms with Crippen molar-refractivity contribution < 1.29 is 9.90 Å². The first-order chi connectivity index (χ1) is 7.50. The fourth-order valence-electron chi connectivity index (χ4n) is 1.42. The van der Waals surface area contributed by atoms with Crippen LogP contribution in [-0.4, -0.2) is 24.2 Å². The number of hydrogen-bond donors (Lipinski definition) is 3. The lowest BCUT2D eigenvalue weighted by Gasteiger charge is -2.26. The summed E-state index contributed by atoms with van der Waals surface area (Å²) in [6, 6.07) is 6.79. The van der Waals surface area contributed by atoms with Gasteiger partial charge in [0.25, 0.3) is 0 Å². The molecule has 0 saturated heterocycles. The van der Waals surface area contributed by atoms with E-state index >= 15 is 0 Å². The summed E-state index contributed by atoms with van der Waals surface area (Å²) in [5.41, 5.74) is 4.81. The Balaban J connectivity index is 3.06. The summed E-state index contributed by atoms with van der Waals surface area (Å²) in [6.45, 7) is 2.40. The van der Waals surface area contributed by atoms with Crippen LogP contribution in [0, 0.1) is 0 Å². The number of aliphatic carboxylic acids is 1. The molecular weight excluding hydrogens is 228 g/mol. The second-order valence-electron chi connectivity index (χ2n) is 3.66. The normalized spacial score (nSPS) is 14.4. The summed E-state index contributed by atoms with van der Waals surface area (Å²) in [6.07, 6.45) is 0. The van der Waals surface area contributed by atoms with E-state index in [-0.39, 0.29) is 0 Å². The van der Waals surface area contributed by atoms with Gasteiger partial charge in [-0.1, -0.05) is 23.7 Å². The molecule has 88 valence electrons. The van der Waals surface area contributed by atoms with Crippen molar-refractivity contribution in [3.05, 3.63) is 34.9 Å². The third-order valence-corrected chi connectivity index (χ3v) is 2.69. The van der Waals surface area contributed by atoms with Crippen LogP contribution in [0.25, 0.3) is 0 Å². The third-order valence-electron chi connectivity index (χ3n) is 2.45. The quantitative estimate of drug-likeness (QED) is 0.725. The zero-order chi connectivity index (χ0) is 12.2. The average molecular weight is 243 g/mol. The minimum Gasteiger partial charge on any atom is -0.480 e. The van der Waals surface area contributed by atoms with Crippen LogP contribution in [0.5, 0.6) is 0 Å². The predicted octanol–water partition coefficient (Wildman–Crippen LogP) is 1.19. The molecule has 4 nitrogen and oxygen atoms in total. The molecule has 0 aliphatic carbocycles. The Hall–Kier alpha value is -1.10. The van der Waals surface area contributed by atoms with Crippen molar-refractivity contribution in [3.8, 4) is 0 Å². The third kappa shape index (κ3) is 2.72. The van der Waals surface area contributed by atoms with E-state index in [9.17, 15) is 9.90 Å². The monoisotopic (exact) mass is 242 g/mol. The van der Waals surface area contributed by atoms with Crippen molar-refractivity contribution in [3.63, 3.8) is 0 Å². The molecule has 0 aliphatic heterocycles. The highest BCUT2D eigenvalue weighted by Crippen LogP contribution is 2.23. The molecule has 0 heterocycles. The van der Waals surface area contributed by atoms with E-state index < -0.39 is 11.5 Å². The van der Waals surface area contributed by atoms with Crippen molar-refractivity contribution in [1.29, 1.82) is 0 Å². The highest BCUT2D eigenvalue weighted by molar-refractivity contribution is 6.30. The van der Waals surface area contributed by atoms with Crippen LogP contribution >= 0.6 is 11.6 Å². The van der Waals surface area contributed by atoms with Crippen LogP contribution in [0.1, 0.15) is 12.5 Å². The van der Waals surface area contributed by atoms with E-state index in [1.807, 2.05) is 0 Å². The number of hydrogen-bond acceptors (Lipinski definition) is 3. The van der Waals surface area contributed by atoms with Gasteiger partial charge >= 0.3 is 5.97 Å². The van der Waals surface area contributed by atoms with Gasteiger partial charge in [0.2, 0.25) is 0 Å². The Kier molecular flexibility index (Phi) is 4.29. The van der Waals surface area contributed by atoms with Crippen molar-refractivity contribution >= 4 is 17.6 Å². The van der Waals surface area contributed by atoms with E-state index in [0.717, 1.165) is 0 Å². The van der Waals surface area contributed by atoms with E-state index in [0.29, 0.717) is 23.7 Å². The summed E-state index contributed by atoms with van der Waals surface area (Å²) in [7, 11) is 0. The minimum absolute atomic E-state index is 0.378. The molecule has 1 aromatic carbocycles. The molecule has 0 saturated carbocycles. The Morgan fingerprint density at radius 3 is 2.81 bits per heavy atom. The van der Waals surface area contributed by atoms with Crippen LogP contribution in [0.15, 0.2) is 24.3 Å². The van der Waals surface area contributed by atoms with Gasteiger partial charge in [0.15, 0.2) is 0 Å². The minimum atomic E-state index is -1.16. The molecule has 1 rings (SSSR count). The zero-order valence-electron chi connectivity index (χ0n) is 9.03. The molecule has 16 heavy (non-hydrogen) atoms. The van der Waals surface area contributed by atoms with Crippen molar-refractivity contribution in [2.24, 2.45) is 5.73 Å². The SMILES string of the molecule is CC(NCCN)(C(=O)O)c1cccc(Cl)c1. The lowest BCUT2D eigenvalue weighted by Crippen LogP contribution is -2.48. The molecule has 0 fully saturated rings. The standard InChI is InChI=1S/C11H15ClN2O2/c1-11(10(15)16,14-6-5-13)8-3-2-4-9(12)7-8/h2-4,7,14H,5-6,13H2,1H3,(H,15,16). The second-order valence-corrected chi connectivity index (χ2v) is 4.09. The highest BCUT2D eigenvalue weighted by atomic mass is 35.5. The molecule has 0 amide bonds. The first-order valence-corrected chi connectivity index (χ1v) is 5.33. The smallest absolute Gasteiger partial charge is 0.328 e. The largest absolute Gasteiger partial charge is 0.480 e. The Labute approximate surface area is 99.4 Å².